The van der Waals surface area contributed by atoms with E-state index in [0.29, 0.717) is 5.56 Å². The molecule has 2 aromatic rings. The van der Waals surface area contributed by atoms with Crippen molar-refractivity contribution in [2.45, 2.75) is 50.2 Å². The van der Waals surface area contributed by atoms with Crippen molar-refractivity contribution in [3.8, 4) is 0 Å². The highest BCUT2D eigenvalue weighted by molar-refractivity contribution is 8.14. The molecule has 4 atom stereocenters. The van der Waals surface area contributed by atoms with Crippen LogP contribution in [0.4, 0.5) is 0 Å². The molecule has 1 fully saturated rings. The number of carbonyl (C=O) groups excluding carboxylic acids is 4. The first-order valence-electron chi connectivity index (χ1n) is 10.2. The first-order valence-corrected chi connectivity index (χ1v) is 11.0. The normalized spacial score (nSPS) is 21.8. The van der Waals surface area contributed by atoms with Crippen molar-refractivity contribution in [3.05, 3.63) is 60.4 Å². The first kappa shape index (κ1) is 24.4. The van der Waals surface area contributed by atoms with Crippen LogP contribution in [0.5, 0.6) is 0 Å². The molecule has 1 saturated heterocycles. The van der Waals surface area contributed by atoms with Crippen molar-refractivity contribution in [2.75, 3.05) is 6.61 Å². The average Bonchev–Trinajstić information content (AvgIpc) is 3.09. The summed E-state index contributed by atoms with van der Waals surface area (Å²) in [5, 5.41) is -0.189. The second-order valence-electron chi connectivity index (χ2n) is 7.26. The number of esters is 3. The lowest BCUT2D eigenvalue weighted by molar-refractivity contribution is -0.765. The Hall–Kier alpha value is -3.24. The van der Waals surface area contributed by atoms with Crippen LogP contribution in [0.1, 0.15) is 37.4 Å². The number of carbonyl (C=O) groups is 4. The Morgan fingerprint density at radius 3 is 2.21 bits per heavy atom. The van der Waals surface area contributed by atoms with Crippen LogP contribution in [0.25, 0.3) is 0 Å². The van der Waals surface area contributed by atoms with E-state index in [0.717, 1.165) is 16.7 Å². The summed E-state index contributed by atoms with van der Waals surface area (Å²) in [4.78, 5) is 48.4. The molecular weight excluding hydrogens is 450 g/mol. The summed E-state index contributed by atoms with van der Waals surface area (Å²) in [6, 6.07) is 12.5. The second-order valence-corrected chi connectivity index (χ2v) is 8.30. The Morgan fingerprint density at radius 1 is 0.909 bits per heavy atom. The number of hydrogen-bond acceptors (Lipinski definition) is 9. The Morgan fingerprint density at radius 2 is 1.58 bits per heavy atom. The number of pyridine rings is 1. The highest BCUT2D eigenvalue weighted by Gasteiger charge is 2.54. The minimum absolute atomic E-state index is 0.189. The molecule has 0 N–H and O–H groups in total. The predicted octanol–water partition coefficient (Wildman–Crippen LogP) is 2.23. The maximum absolute atomic E-state index is 12.8. The van der Waals surface area contributed by atoms with Gasteiger partial charge in [-0.25, -0.2) is 0 Å². The molecular formula is C23H24NO8S+. The molecule has 0 spiro atoms. The van der Waals surface area contributed by atoms with Gasteiger partial charge in [-0.05, 0) is 30.0 Å². The van der Waals surface area contributed by atoms with Crippen molar-refractivity contribution < 1.29 is 42.7 Å². The molecule has 2 heterocycles. The maximum atomic E-state index is 12.8. The molecule has 9 nitrogen and oxygen atoms in total. The van der Waals surface area contributed by atoms with Gasteiger partial charge in [-0.2, -0.15) is 4.57 Å². The van der Waals surface area contributed by atoms with E-state index in [1.54, 1.807) is 29.1 Å². The molecule has 0 unspecified atom stereocenters. The fourth-order valence-corrected chi connectivity index (χ4v) is 4.10. The van der Waals surface area contributed by atoms with E-state index in [4.69, 9.17) is 18.9 Å². The largest absolute Gasteiger partial charge is 0.463 e. The van der Waals surface area contributed by atoms with E-state index < -0.39 is 42.4 Å². The fourth-order valence-electron chi connectivity index (χ4n) is 3.36. The van der Waals surface area contributed by atoms with Gasteiger partial charge < -0.3 is 18.9 Å². The highest BCUT2D eigenvalue weighted by Crippen LogP contribution is 2.31. The molecule has 0 saturated carbocycles. The summed E-state index contributed by atoms with van der Waals surface area (Å²) in [5.41, 5.74) is 0.393. The summed E-state index contributed by atoms with van der Waals surface area (Å²) in [6.07, 6.45) is -0.626. The van der Waals surface area contributed by atoms with Crippen LogP contribution >= 0.6 is 11.8 Å². The average molecular weight is 475 g/mol. The molecule has 1 aromatic carbocycles. The molecule has 1 aromatic heterocycles. The van der Waals surface area contributed by atoms with E-state index in [1.165, 1.54) is 20.8 Å². The van der Waals surface area contributed by atoms with Crippen LogP contribution in [0.2, 0.25) is 0 Å². The first-order chi connectivity index (χ1) is 15.7. The number of aromatic nitrogens is 1. The zero-order valence-corrected chi connectivity index (χ0v) is 19.2. The number of ether oxygens (including phenoxy) is 4. The van der Waals surface area contributed by atoms with Crippen molar-refractivity contribution in [1.82, 2.24) is 0 Å². The summed E-state index contributed by atoms with van der Waals surface area (Å²) < 4.78 is 23.4. The van der Waals surface area contributed by atoms with Gasteiger partial charge in [0.25, 0.3) is 0 Å². The highest BCUT2D eigenvalue weighted by atomic mass is 32.2. The minimum atomic E-state index is -1.02. The monoisotopic (exact) mass is 474 g/mol. The van der Waals surface area contributed by atoms with E-state index in [-0.39, 0.29) is 11.7 Å². The number of nitrogens with zero attached hydrogens (tertiary/aromatic N) is 1. The topological polar surface area (TPSA) is 109 Å². The van der Waals surface area contributed by atoms with Crippen LogP contribution in [0.15, 0.2) is 59.8 Å². The standard InChI is InChI=1S/C23H24NO8S/c1-14(25)29-13-19-20(30-15(2)26)21(31-16(3)27)22(32-19)24-11-7-8-17(12-24)23(28)33-18-9-5-4-6-10-18/h4-12,19-22H,13H2,1-3H3/q+1/t19-,20-,21-,22-/m1/s1. The van der Waals surface area contributed by atoms with E-state index >= 15 is 0 Å². The molecule has 3 rings (SSSR count). The van der Waals surface area contributed by atoms with Gasteiger partial charge in [0.05, 0.1) is 5.56 Å². The van der Waals surface area contributed by atoms with Crippen molar-refractivity contribution in [1.29, 1.82) is 0 Å². The van der Waals surface area contributed by atoms with Crippen molar-refractivity contribution in [3.63, 3.8) is 0 Å². The minimum Gasteiger partial charge on any atom is -0.463 e. The Labute approximate surface area is 195 Å². The van der Waals surface area contributed by atoms with Crippen LogP contribution in [0, 0.1) is 0 Å². The molecule has 1 aliphatic heterocycles. The number of thioether (sulfide) groups is 1. The number of hydrogen-bond donors (Lipinski definition) is 0. The summed E-state index contributed by atoms with van der Waals surface area (Å²) >= 11 is 1.07. The molecule has 1 aliphatic rings. The Kier molecular flexibility index (Phi) is 8.18. The lowest BCUT2D eigenvalue weighted by Crippen LogP contribution is -2.48. The molecule has 174 valence electrons. The summed E-state index contributed by atoms with van der Waals surface area (Å²) in [7, 11) is 0. The lowest BCUT2D eigenvalue weighted by atomic mass is 10.1. The third-order valence-corrected chi connectivity index (χ3v) is 5.57. The smallest absolute Gasteiger partial charge is 0.304 e. The van der Waals surface area contributed by atoms with Gasteiger partial charge in [-0.1, -0.05) is 18.2 Å². The van der Waals surface area contributed by atoms with E-state index in [9.17, 15) is 19.2 Å². The van der Waals surface area contributed by atoms with Crippen LogP contribution in [0.3, 0.4) is 0 Å². The number of rotatable bonds is 7. The van der Waals surface area contributed by atoms with Gasteiger partial charge in [0.1, 0.15) is 12.7 Å². The zero-order chi connectivity index (χ0) is 24.0. The van der Waals surface area contributed by atoms with Gasteiger partial charge in [0, 0.05) is 31.7 Å². The summed E-state index contributed by atoms with van der Waals surface area (Å²) in [5.74, 6) is -1.75. The van der Waals surface area contributed by atoms with Gasteiger partial charge in [-0.3, -0.25) is 19.2 Å². The molecule has 33 heavy (non-hydrogen) atoms. The SMILES string of the molecule is CC(=O)OC[C@H]1O[C@@H]([n+]2cccc(C(=O)Sc3ccccc3)c2)[C@H](OC(C)=O)[C@@H]1OC(C)=O. The van der Waals surface area contributed by atoms with Crippen LogP contribution < -0.4 is 4.57 Å². The van der Waals surface area contributed by atoms with Crippen LogP contribution in [-0.2, 0) is 33.3 Å². The lowest BCUT2D eigenvalue weighted by Gasteiger charge is -2.21. The third kappa shape index (κ3) is 6.62. The zero-order valence-electron chi connectivity index (χ0n) is 18.3. The van der Waals surface area contributed by atoms with Gasteiger partial charge >= 0.3 is 24.1 Å². The fraction of sp³-hybridized carbons (Fsp3) is 0.348. The Balaban J connectivity index is 1.88. The predicted molar refractivity (Wildman–Crippen MR) is 115 cm³/mol. The van der Waals surface area contributed by atoms with Crippen molar-refractivity contribution >= 4 is 34.8 Å². The van der Waals surface area contributed by atoms with E-state index in [2.05, 4.69) is 0 Å². The maximum Gasteiger partial charge on any atom is 0.304 e. The summed E-state index contributed by atoms with van der Waals surface area (Å²) in [6.45, 7) is 3.48. The number of benzene rings is 1. The molecule has 10 heteroatoms. The quantitative estimate of drug-likeness (QED) is 0.258. The molecule has 0 aliphatic carbocycles. The molecule has 0 radical (unpaired) electrons. The van der Waals surface area contributed by atoms with Crippen molar-refractivity contribution in [2.24, 2.45) is 0 Å². The van der Waals surface area contributed by atoms with Crippen LogP contribution in [-0.4, -0.2) is 47.9 Å². The Bertz CT molecular complexity index is 1030. The van der Waals surface area contributed by atoms with Gasteiger partial charge in [0.2, 0.25) is 11.2 Å². The van der Waals surface area contributed by atoms with Gasteiger partial charge in [0.15, 0.2) is 18.5 Å². The molecule has 0 bridgehead atoms. The second kappa shape index (κ2) is 11.1. The van der Waals surface area contributed by atoms with Gasteiger partial charge in [-0.15, -0.1) is 0 Å². The molecule has 0 amide bonds. The van der Waals surface area contributed by atoms with E-state index in [1.807, 2.05) is 30.3 Å². The third-order valence-electron chi connectivity index (χ3n) is 4.65.